The Morgan fingerprint density at radius 1 is 1.43 bits per heavy atom. The van der Waals surface area contributed by atoms with Gasteiger partial charge in [0.25, 0.3) is 5.91 Å². The van der Waals surface area contributed by atoms with Gasteiger partial charge in [0.15, 0.2) is 5.69 Å². The van der Waals surface area contributed by atoms with Crippen LogP contribution in [0.25, 0.3) is 0 Å². The van der Waals surface area contributed by atoms with Crippen LogP contribution < -0.4 is 10.1 Å². The van der Waals surface area contributed by atoms with E-state index in [4.69, 9.17) is 4.74 Å². The van der Waals surface area contributed by atoms with Crippen LogP contribution in [-0.2, 0) is 7.05 Å². The lowest BCUT2D eigenvalue weighted by atomic mass is 10.00. The van der Waals surface area contributed by atoms with Crippen LogP contribution in [0.15, 0.2) is 24.3 Å². The molecule has 2 aromatic rings. The van der Waals surface area contributed by atoms with E-state index in [1.54, 1.807) is 32.2 Å². The van der Waals surface area contributed by atoms with Crippen LogP contribution in [0.5, 0.6) is 5.88 Å². The highest BCUT2D eigenvalue weighted by molar-refractivity contribution is 5.92. The van der Waals surface area contributed by atoms with Gasteiger partial charge in [-0.05, 0) is 42.9 Å². The van der Waals surface area contributed by atoms with Crippen molar-refractivity contribution < 1.29 is 13.9 Å². The highest BCUT2D eigenvalue weighted by Crippen LogP contribution is 2.41. The van der Waals surface area contributed by atoms with Crippen molar-refractivity contribution in [1.29, 1.82) is 0 Å². The van der Waals surface area contributed by atoms with Crippen molar-refractivity contribution in [2.75, 3.05) is 7.11 Å². The van der Waals surface area contributed by atoms with Crippen molar-refractivity contribution in [2.24, 2.45) is 13.0 Å². The summed E-state index contributed by atoms with van der Waals surface area (Å²) < 4.78 is 20.1. The molecule has 1 amide bonds. The second-order valence-electron chi connectivity index (χ2n) is 5.99. The summed E-state index contributed by atoms with van der Waals surface area (Å²) in [5, 5.41) is 7.19. The number of hydrogen-bond acceptors (Lipinski definition) is 3. The molecule has 1 aliphatic carbocycles. The van der Waals surface area contributed by atoms with Crippen molar-refractivity contribution in [3.05, 3.63) is 46.9 Å². The first-order chi connectivity index (χ1) is 11.0. The number of benzene rings is 1. The van der Waals surface area contributed by atoms with Gasteiger partial charge in [0.1, 0.15) is 5.82 Å². The Hall–Kier alpha value is -2.37. The number of ether oxygens (including phenoxy) is 1. The molecule has 6 heteroatoms. The van der Waals surface area contributed by atoms with Gasteiger partial charge in [0.2, 0.25) is 5.88 Å². The fraction of sp³-hybridized carbons (Fsp3) is 0.412. The van der Waals surface area contributed by atoms with Gasteiger partial charge in [-0.3, -0.25) is 4.79 Å². The van der Waals surface area contributed by atoms with Gasteiger partial charge in [-0.1, -0.05) is 12.1 Å². The first-order valence-electron chi connectivity index (χ1n) is 7.64. The summed E-state index contributed by atoms with van der Waals surface area (Å²) in [5.41, 5.74) is 1.83. The molecule has 1 aliphatic rings. The van der Waals surface area contributed by atoms with Crippen molar-refractivity contribution in [3.8, 4) is 5.88 Å². The van der Waals surface area contributed by atoms with E-state index >= 15 is 0 Å². The Balaban J connectivity index is 1.81. The van der Waals surface area contributed by atoms with E-state index in [1.165, 1.54) is 17.9 Å². The molecule has 1 heterocycles. The summed E-state index contributed by atoms with van der Waals surface area (Å²) in [6.45, 7) is 1.73. The largest absolute Gasteiger partial charge is 0.481 e. The number of amides is 1. The number of carbonyl (C=O) groups is 1. The van der Waals surface area contributed by atoms with E-state index < -0.39 is 0 Å². The average molecular weight is 317 g/mol. The second kappa shape index (κ2) is 6.02. The van der Waals surface area contributed by atoms with Gasteiger partial charge >= 0.3 is 0 Å². The molecule has 1 unspecified atom stereocenters. The van der Waals surface area contributed by atoms with Crippen molar-refractivity contribution in [1.82, 2.24) is 15.1 Å². The standard InChI is InChI=1S/C17H20FN3O2/c1-10-8-12(6-7-13(10)18)16(11-4-5-11)19-17(22)14-9-15(23-3)21(2)20-14/h6-9,11,16H,4-5H2,1-3H3,(H,19,22). The monoisotopic (exact) mass is 317 g/mol. The lowest BCUT2D eigenvalue weighted by molar-refractivity contribution is 0.0926. The number of nitrogens with zero attached hydrogens (tertiary/aromatic N) is 2. The summed E-state index contributed by atoms with van der Waals surface area (Å²) >= 11 is 0. The molecule has 3 rings (SSSR count). The first-order valence-corrected chi connectivity index (χ1v) is 7.64. The molecule has 1 fully saturated rings. The van der Waals surface area contributed by atoms with Gasteiger partial charge in [-0.15, -0.1) is 0 Å². The predicted molar refractivity (Wildman–Crippen MR) is 83.8 cm³/mol. The molecule has 1 N–H and O–H groups in total. The van der Waals surface area contributed by atoms with Crippen molar-refractivity contribution >= 4 is 5.91 Å². The fourth-order valence-electron chi connectivity index (χ4n) is 2.73. The molecule has 1 saturated carbocycles. The molecule has 1 aromatic heterocycles. The van der Waals surface area contributed by atoms with Crippen LogP contribution in [0.2, 0.25) is 0 Å². The first kappa shape index (κ1) is 15.5. The Labute approximate surface area is 134 Å². The minimum absolute atomic E-state index is 0.116. The molecule has 0 saturated heterocycles. The quantitative estimate of drug-likeness (QED) is 0.922. The van der Waals surface area contributed by atoms with Crippen LogP contribution in [0, 0.1) is 18.7 Å². The minimum atomic E-state index is -0.247. The third-order valence-electron chi connectivity index (χ3n) is 4.20. The SMILES string of the molecule is COc1cc(C(=O)NC(c2ccc(F)c(C)c2)C2CC2)nn1C. The maximum Gasteiger partial charge on any atom is 0.272 e. The number of rotatable bonds is 5. The number of methoxy groups -OCH3 is 1. The van der Waals surface area contributed by atoms with E-state index in [2.05, 4.69) is 10.4 Å². The van der Waals surface area contributed by atoms with E-state index in [9.17, 15) is 9.18 Å². The lowest BCUT2D eigenvalue weighted by Crippen LogP contribution is -2.30. The summed E-state index contributed by atoms with van der Waals surface area (Å²) in [4.78, 5) is 12.5. The second-order valence-corrected chi connectivity index (χ2v) is 5.99. The molecular formula is C17H20FN3O2. The molecule has 0 radical (unpaired) electrons. The van der Waals surface area contributed by atoms with Crippen molar-refractivity contribution in [2.45, 2.75) is 25.8 Å². The van der Waals surface area contributed by atoms with Crippen LogP contribution in [0.3, 0.4) is 0 Å². The Morgan fingerprint density at radius 2 is 2.17 bits per heavy atom. The molecule has 0 aliphatic heterocycles. The van der Waals surface area contributed by atoms with E-state index in [-0.39, 0.29) is 17.8 Å². The minimum Gasteiger partial charge on any atom is -0.481 e. The zero-order chi connectivity index (χ0) is 16.6. The molecule has 0 spiro atoms. The third-order valence-corrected chi connectivity index (χ3v) is 4.20. The molecule has 122 valence electrons. The number of aromatic nitrogens is 2. The average Bonchev–Trinajstić information content (AvgIpc) is 3.29. The number of carbonyl (C=O) groups excluding carboxylic acids is 1. The van der Waals surface area contributed by atoms with Crippen LogP contribution in [0.1, 0.15) is 40.5 Å². The summed E-state index contributed by atoms with van der Waals surface area (Å²) in [6.07, 6.45) is 2.12. The normalized spacial score (nSPS) is 15.3. The topological polar surface area (TPSA) is 56.1 Å². The molecule has 1 atom stereocenters. The predicted octanol–water partition coefficient (Wildman–Crippen LogP) is 2.76. The zero-order valence-electron chi connectivity index (χ0n) is 13.5. The van der Waals surface area contributed by atoms with Gasteiger partial charge in [0, 0.05) is 13.1 Å². The van der Waals surface area contributed by atoms with E-state index in [0.717, 1.165) is 18.4 Å². The molecule has 0 bridgehead atoms. The highest BCUT2D eigenvalue weighted by atomic mass is 19.1. The number of nitrogens with one attached hydrogen (secondary N) is 1. The van der Waals surface area contributed by atoms with E-state index in [1.807, 2.05) is 0 Å². The van der Waals surface area contributed by atoms with Gasteiger partial charge in [-0.25, -0.2) is 9.07 Å². The molecular weight excluding hydrogens is 297 g/mol. The fourth-order valence-corrected chi connectivity index (χ4v) is 2.73. The van der Waals surface area contributed by atoms with Gasteiger partial charge in [0.05, 0.1) is 13.2 Å². The van der Waals surface area contributed by atoms with Crippen molar-refractivity contribution in [3.63, 3.8) is 0 Å². The van der Waals surface area contributed by atoms with Crippen LogP contribution in [0.4, 0.5) is 4.39 Å². The molecule has 23 heavy (non-hydrogen) atoms. The summed E-state index contributed by atoms with van der Waals surface area (Å²) in [5.74, 6) is 0.442. The number of aryl methyl sites for hydroxylation is 2. The maximum atomic E-state index is 13.5. The van der Waals surface area contributed by atoms with Crippen LogP contribution in [-0.4, -0.2) is 22.8 Å². The third kappa shape index (κ3) is 3.21. The van der Waals surface area contributed by atoms with Gasteiger partial charge < -0.3 is 10.1 Å². The van der Waals surface area contributed by atoms with Gasteiger partial charge in [-0.2, -0.15) is 5.10 Å². The number of halogens is 1. The lowest BCUT2D eigenvalue weighted by Gasteiger charge is -2.19. The van der Waals surface area contributed by atoms with Crippen LogP contribution >= 0.6 is 0 Å². The Kier molecular flexibility index (Phi) is 4.07. The maximum absolute atomic E-state index is 13.5. The smallest absolute Gasteiger partial charge is 0.272 e. The Morgan fingerprint density at radius 3 is 2.74 bits per heavy atom. The highest BCUT2D eigenvalue weighted by Gasteiger charge is 2.34. The zero-order valence-corrected chi connectivity index (χ0v) is 13.5. The Bertz CT molecular complexity index is 737. The number of hydrogen-bond donors (Lipinski definition) is 1. The summed E-state index contributed by atoms with van der Waals surface area (Å²) in [7, 11) is 3.25. The summed E-state index contributed by atoms with van der Waals surface area (Å²) in [6, 6.07) is 6.49. The van der Waals surface area contributed by atoms with E-state index in [0.29, 0.717) is 23.1 Å². The molecule has 5 nitrogen and oxygen atoms in total. The molecule has 1 aromatic carbocycles.